The van der Waals surface area contributed by atoms with Crippen LogP contribution in [0.4, 0.5) is 0 Å². The average molecular weight is 328 g/mol. The van der Waals surface area contributed by atoms with E-state index in [0.29, 0.717) is 34.8 Å². The van der Waals surface area contributed by atoms with Gasteiger partial charge in [-0.25, -0.2) is 0 Å². The van der Waals surface area contributed by atoms with E-state index >= 15 is 0 Å². The second-order valence-electron chi connectivity index (χ2n) is 4.50. The highest BCUT2D eigenvalue weighted by atomic mass is 79.9. The van der Waals surface area contributed by atoms with Crippen LogP contribution in [0.5, 0.6) is 0 Å². The predicted molar refractivity (Wildman–Crippen MR) is 70.4 cm³/mol. The minimum atomic E-state index is 0.363. The number of hydrogen-bond donors (Lipinski definition) is 0. The summed E-state index contributed by atoms with van der Waals surface area (Å²) in [6.45, 7) is 5.13. The molecule has 7 heteroatoms. The normalized spacial score (nSPS) is 20.8. The molecule has 1 saturated heterocycles. The molecule has 3 heterocycles. The Morgan fingerprint density at radius 2 is 2.26 bits per heavy atom. The number of furan rings is 1. The van der Waals surface area contributed by atoms with Gasteiger partial charge in [0, 0.05) is 12.6 Å². The van der Waals surface area contributed by atoms with Crippen molar-refractivity contribution in [2.75, 3.05) is 19.8 Å². The van der Waals surface area contributed by atoms with Crippen LogP contribution >= 0.6 is 15.9 Å². The number of ether oxygens (including phenoxy) is 1. The van der Waals surface area contributed by atoms with Crippen molar-refractivity contribution < 1.29 is 13.6 Å². The van der Waals surface area contributed by atoms with E-state index in [9.17, 15) is 0 Å². The monoisotopic (exact) mass is 327 g/mol. The van der Waals surface area contributed by atoms with Crippen LogP contribution in [0.1, 0.15) is 12.8 Å². The summed E-state index contributed by atoms with van der Waals surface area (Å²) in [4.78, 5) is 2.26. The van der Waals surface area contributed by atoms with E-state index < -0.39 is 0 Å². The molecule has 1 atom stereocenters. The largest absolute Gasteiger partial charge is 0.444 e. The molecule has 2 aromatic heterocycles. The van der Waals surface area contributed by atoms with E-state index in [1.165, 1.54) is 0 Å². The Balaban J connectivity index is 1.71. The van der Waals surface area contributed by atoms with Gasteiger partial charge in [-0.2, -0.15) is 0 Å². The maximum absolute atomic E-state index is 5.61. The molecule has 6 nitrogen and oxygen atoms in total. The van der Waals surface area contributed by atoms with Gasteiger partial charge in [0.15, 0.2) is 10.4 Å². The Kier molecular flexibility index (Phi) is 3.67. The van der Waals surface area contributed by atoms with Crippen molar-refractivity contribution in [3.8, 4) is 11.7 Å². The fourth-order valence-electron chi connectivity index (χ4n) is 2.02. The van der Waals surface area contributed by atoms with Crippen LogP contribution < -0.4 is 0 Å². The first-order valence-electron chi connectivity index (χ1n) is 6.12. The predicted octanol–water partition coefficient (Wildman–Crippen LogP) is 2.31. The molecule has 2 aromatic rings. The van der Waals surface area contributed by atoms with Crippen molar-refractivity contribution in [2.45, 2.75) is 19.5 Å². The first-order chi connectivity index (χ1) is 9.22. The second-order valence-corrected chi connectivity index (χ2v) is 5.28. The lowest BCUT2D eigenvalue weighted by molar-refractivity contribution is -0.00779. The highest BCUT2D eigenvalue weighted by Gasteiger charge is 2.21. The van der Waals surface area contributed by atoms with Crippen LogP contribution in [0, 0.1) is 0 Å². The van der Waals surface area contributed by atoms with E-state index in [1.54, 1.807) is 12.1 Å². The summed E-state index contributed by atoms with van der Waals surface area (Å²) in [5.74, 6) is 1.57. The zero-order chi connectivity index (χ0) is 13.2. The molecule has 1 fully saturated rings. The smallest absolute Gasteiger partial charge is 0.283 e. The van der Waals surface area contributed by atoms with Gasteiger partial charge in [0.05, 0.1) is 19.8 Å². The van der Waals surface area contributed by atoms with Crippen molar-refractivity contribution in [1.29, 1.82) is 0 Å². The van der Waals surface area contributed by atoms with Crippen LogP contribution in [0.3, 0.4) is 0 Å². The molecular weight excluding hydrogens is 314 g/mol. The lowest BCUT2D eigenvalue weighted by atomic mass is 10.2. The van der Waals surface area contributed by atoms with Gasteiger partial charge >= 0.3 is 0 Å². The van der Waals surface area contributed by atoms with Gasteiger partial charge in [0.2, 0.25) is 5.89 Å². The Morgan fingerprint density at radius 1 is 1.37 bits per heavy atom. The Bertz CT molecular complexity index is 554. The highest BCUT2D eigenvalue weighted by Crippen LogP contribution is 2.24. The van der Waals surface area contributed by atoms with E-state index in [1.807, 2.05) is 0 Å². The van der Waals surface area contributed by atoms with E-state index in [-0.39, 0.29) is 0 Å². The van der Waals surface area contributed by atoms with Gasteiger partial charge in [-0.15, -0.1) is 10.2 Å². The Morgan fingerprint density at radius 3 is 3.00 bits per heavy atom. The number of hydrogen-bond acceptors (Lipinski definition) is 6. The number of nitrogens with zero attached hydrogens (tertiary/aromatic N) is 3. The highest BCUT2D eigenvalue weighted by molar-refractivity contribution is 9.10. The third-order valence-electron chi connectivity index (χ3n) is 3.09. The fourth-order valence-corrected chi connectivity index (χ4v) is 2.32. The molecular formula is C12H14BrN3O3. The molecule has 0 saturated carbocycles. The minimum Gasteiger partial charge on any atom is -0.444 e. The van der Waals surface area contributed by atoms with Gasteiger partial charge in [0.1, 0.15) is 0 Å². The van der Waals surface area contributed by atoms with Crippen molar-refractivity contribution in [1.82, 2.24) is 15.1 Å². The first-order valence-corrected chi connectivity index (χ1v) is 6.91. The van der Waals surface area contributed by atoms with Gasteiger partial charge in [-0.05, 0) is 35.0 Å². The minimum absolute atomic E-state index is 0.363. The standard InChI is InChI=1S/C12H14BrN3O3/c1-8-7-17-5-4-16(8)6-11-14-15-12(19-11)9-2-3-10(13)18-9/h2-3,8H,4-7H2,1H3. The first kappa shape index (κ1) is 12.8. The molecule has 0 spiro atoms. The third kappa shape index (κ3) is 2.88. The van der Waals surface area contributed by atoms with Crippen molar-refractivity contribution in [3.05, 3.63) is 22.7 Å². The van der Waals surface area contributed by atoms with Crippen molar-refractivity contribution >= 4 is 15.9 Å². The zero-order valence-corrected chi connectivity index (χ0v) is 12.1. The van der Waals surface area contributed by atoms with E-state index in [4.69, 9.17) is 13.6 Å². The summed E-state index contributed by atoms with van der Waals surface area (Å²) >= 11 is 3.25. The van der Waals surface area contributed by atoms with Gasteiger partial charge < -0.3 is 13.6 Å². The number of rotatable bonds is 3. The van der Waals surface area contributed by atoms with Crippen molar-refractivity contribution in [3.63, 3.8) is 0 Å². The van der Waals surface area contributed by atoms with Crippen molar-refractivity contribution in [2.24, 2.45) is 0 Å². The molecule has 1 unspecified atom stereocenters. The van der Waals surface area contributed by atoms with Crippen LogP contribution in [0.2, 0.25) is 0 Å². The molecule has 1 aliphatic rings. The number of morpholine rings is 1. The summed E-state index contributed by atoms with van der Waals surface area (Å²) in [7, 11) is 0. The van der Waals surface area contributed by atoms with Crippen LogP contribution in [0.15, 0.2) is 25.6 Å². The number of halogens is 1. The molecule has 1 aliphatic heterocycles. The SMILES string of the molecule is CC1COCCN1Cc1nnc(-c2ccc(Br)o2)o1. The van der Waals surface area contributed by atoms with Crippen LogP contribution in [-0.2, 0) is 11.3 Å². The summed E-state index contributed by atoms with van der Waals surface area (Å²) in [5, 5.41) is 8.06. The molecule has 3 rings (SSSR count). The molecule has 102 valence electrons. The maximum atomic E-state index is 5.61. The average Bonchev–Trinajstić information content (AvgIpc) is 3.01. The van der Waals surface area contributed by atoms with E-state index in [0.717, 1.165) is 19.8 Å². The van der Waals surface area contributed by atoms with Gasteiger partial charge in [-0.1, -0.05) is 0 Å². The molecule has 0 radical (unpaired) electrons. The van der Waals surface area contributed by atoms with E-state index in [2.05, 4.69) is 38.0 Å². The Hall–Kier alpha value is -1.18. The Labute approximate surface area is 118 Å². The van der Waals surface area contributed by atoms with Gasteiger partial charge in [-0.3, -0.25) is 4.90 Å². The summed E-state index contributed by atoms with van der Waals surface area (Å²) in [6.07, 6.45) is 0. The molecule has 0 bridgehead atoms. The lowest BCUT2D eigenvalue weighted by Crippen LogP contribution is -2.42. The third-order valence-corrected chi connectivity index (χ3v) is 3.52. The molecule has 19 heavy (non-hydrogen) atoms. The molecule has 0 amide bonds. The lowest BCUT2D eigenvalue weighted by Gasteiger charge is -2.31. The topological polar surface area (TPSA) is 64.5 Å². The quantitative estimate of drug-likeness (QED) is 0.861. The van der Waals surface area contributed by atoms with Crippen LogP contribution in [-0.4, -0.2) is 40.9 Å². The summed E-state index contributed by atoms with van der Waals surface area (Å²) < 4.78 is 17.0. The maximum Gasteiger partial charge on any atom is 0.283 e. The fraction of sp³-hybridized carbons (Fsp3) is 0.500. The second kappa shape index (κ2) is 5.44. The molecule has 0 aromatic carbocycles. The number of aromatic nitrogens is 2. The van der Waals surface area contributed by atoms with Gasteiger partial charge in [0.25, 0.3) is 5.89 Å². The summed E-state index contributed by atoms with van der Waals surface area (Å²) in [5.41, 5.74) is 0. The zero-order valence-electron chi connectivity index (χ0n) is 10.5. The molecule has 0 aliphatic carbocycles. The van der Waals surface area contributed by atoms with Crippen LogP contribution in [0.25, 0.3) is 11.7 Å². The summed E-state index contributed by atoms with van der Waals surface area (Å²) in [6, 6.07) is 3.95. The molecule has 0 N–H and O–H groups in total.